The van der Waals surface area contributed by atoms with E-state index in [2.05, 4.69) is 32.8 Å². The molecule has 0 aromatic carbocycles. The van der Waals surface area contributed by atoms with Gasteiger partial charge in [-0.25, -0.2) is 4.98 Å². The third-order valence-electron chi connectivity index (χ3n) is 1.55. The third-order valence-corrected chi connectivity index (χ3v) is 1.83. The molecule has 0 fully saturated rings. The van der Waals surface area contributed by atoms with E-state index in [-0.39, 0.29) is 11.7 Å². The van der Waals surface area contributed by atoms with Gasteiger partial charge >= 0.3 is 0 Å². The number of aryl methyl sites for hydroxylation is 2. The molecule has 1 amide bonds. The Kier molecular flexibility index (Phi) is 3.46. The van der Waals surface area contributed by atoms with Gasteiger partial charge in [-0.2, -0.15) is 0 Å². The van der Waals surface area contributed by atoms with E-state index < -0.39 is 0 Å². The summed E-state index contributed by atoms with van der Waals surface area (Å²) in [5.41, 5.74) is 0.597. The molecule has 1 heterocycles. The van der Waals surface area contributed by atoms with Crippen molar-refractivity contribution < 1.29 is 9.21 Å². The van der Waals surface area contributed by atoms with Crippen molar-refractivity contribution in [2.45, 2.75) is 13.8 Å². The van der Waals surface area contributed by atoms with Crippen LogP contribution < -0.4 is 5.32 Å². The summed E-state index contributed by atoms with van der Waals surface area (Å²) in [6.07, 6.45) is 0. The first-order valence-electron chi connectivity index (χ1n) is 4.06. The summed E-state index contributed by atoms with van der Waals surface area (Å²) in [6, 6.07) is 0. The molecule has 0 saturated carbocycles. The topological polar surface area (TPSA) is 55.1 Å². The lowest BCUT2D eigenvalue weighted by Crippen LogP contribution is -2.24. The van der Waals surface area contributed by atoms with Crippen LogP contribution in [0.2, 0.25) is 0 Å². The van der Waals surface area contributed by atoms with E-state index in [4.69, 9.17) is 4.42 Å². The predicted molar refractivity (Wildman–Crippen MR) is 56.4 cm³/mol. The SMILES string of the molecule is C=C(Br)CNC(=O)c1oc(C)nc1C. The van der Waals surface area contributed by atoms with Gasteiger partial charge in [-0.3, -0.25) is 4.79 Å². The van der Waals surface area contributed by atoms with Gasteiger partial charge in [0.2, 0.25) is 5.76 Å². The van der Waals surface area contributed by atoms with Crippen molar-refractivity contribution in [2.24, 2.45) is 0 Å². The van der Waals surface area contributed by atoms with Crippen molar-refractivity contribution in [3.63, 3.8) is 0 Å². The summed E-state index contributed by atoms with van der Waals surface area (Å²) < 4.78 is 5.85. The molecular formula is C9H11BrN2O2. The van der Waals surface area contributed by atoms with Crippen molar-refractivity contribution in [1.82, 2.24) is 10.3 Å². The van der Waals surface area contributed by atoms with Crippen LogP contribution in [0, 0.1) is 13.8 Å². The van der Waals surface area contributed by atoms with Crippen LogP contribution >= 0.6 is 15.9 Å². The van der Waals surface area contributed by atoms with Crippen LogP contribution in [0.4, 0.5) is 0 Å². The molecule has 0 aliphatic heterocycles. The second-order valence-corrected chi connectivity index (χ2v) is 3.97. The first-order chi connectivity index (χ1) is 6.50. The fourth-order valence-electron chi connectivity index (χ4n) is 0.998. The molecule has 0 spiro atoms. The van der Waals surface area contributed by atoms with Gasteiger partial charge in [0.05, 0.1) is 5.69 Å². The van der Waals surface area contributed by atoms with Crippen LogP contribution in [0.3, 0.4) is 0 Å². The Hall–Kier alpha value is -1.10. The Morgan fingerprint density at radius 1 is 1.64 bits per heavy atom. The van der Waals surface area contributed by atoms with Gasteiger partial charge in [-0.1, -0.05) is 22.5 Å². The largest absolute Gasteiger partial charge is 0.436 e. The maximum absolute atomic E-state index is 11.5. The van der Waals surface area contributed by atoms with Gasteiger partial charge in [-0.05, 0) is 6.92 Å². The van der Waals surface area contributed by atoms with E-state index in [1.807, 2.05) is 0 Å². The number of amides is 1. The fourth-order valence-corrected chi connectivity index (χ4v) is 1.14. The van der Waals surface area contributed by atoms with E-state index in [1.165, 1.54) is 0 Å². The lowest BCUT2D eigenvalue weighted by Gasteiger charge is -2.00. The smallest absolute Gasteiger partial charge is 0.289 e. The minimum atomic E-state index is -0.274. The summed E-state index contributed by atoms with van der Waals surface area (Å²) in [5, 5.41) is 2.63. The first kappa shape index (κ1) is 11.0. The zero-order valence-electron chi connectivity index (χ0n) is 8.06. The van der Waals surface area contributed by atoms with Gasteiger partial charge in [0, 0.05) is 18.0 Å². The molecule has 0 unspecified atom stereocenters. The van der Waals surface area contributed by atoms with Crippen molar-refractivity contribution in [2.75, 3.05) is 6.54 Å². The number of hydrogen-bond acceptors (Lipinski definition) is 3. The second-order valence-electron chi connectivity index (χ2n) is 2.85. The van der Waals surface area contributed by atoms with Crippen LogP contribution in [-0.4, -0.2) is 17.4 Å². The molecule has 4 nitrogen and oxygen atoms in total. The highest BCUT2D eigenvalue weighted by molar-refractivity contribution is 9.11. The minimum Gasteiger partial charge on any atom is -0.436 e. The standard InChI is InChI=1S/C9H11BrN2O2/c1-5(10)4-11-9(13)8-6(2)12-7(3)14-8/h1,4H2,2-3H3,(H,11,13). The fraction of sp³-hybridized carbons (Fsp3) is 0.333. The molecule has 0 aliphatic carbocycles. The number of carbonyl (C=O) groups is 1. The van der Waals surface area contributed by atoms with Gasteiger partial charge in [0.25, 0.3) is 5.91 Å². The number of rotatable bonds is 3. The molecule has 1 rings (SSSR count). The Labute approximate surface area is 90.5 Å². The lowest BCUT2D eigenvalue weighted by atomic mass is 10.3. The van der Waals surface area contributed by atoms with E-state index in [0.717, 1.165) is 0 Å². The van der Waals surface area contributed by atoms with Crippen LogP contribution in [0.25, 0.3) is 0 Å². The average Bonchev–Trinajstić information content (AvgIpc) is 2.41. The number of nitrogens with one attached hydrogen (secondary N) is 1. The van der Waals surface area contributed by atoms with Gasteiger partial charge < -0.3 is 9.73 Å². The van der Waals surface area contributed by atoms with Gasteiger partial charge in [-0.15, -0.1) is 0 Å². The molecule has 5 heteroatoms. The summed E-state index contributed by atoms with van der Waals surface area (Å²) >= 11 is 3.14. The number of aromatic nitrogens is 1. The Bertz CT molecular complexity index is 371. The third kappa shape index (κ3) is 2.70. The highest BCUT2D eigenvalue weighted by atomic mass is 79.9. The Morgan fingerprint density at radius 3 is 2.71 bits per heavy atom. The van der Waals surface area contributed by atoms with Crippen LogP contribution in [-0.2, 0) is 0 Å². The van der Waals surface area contributed by atoms with Crippen LogP contribution in [0.15, 0.2) is 15.5 Å². The molecule has 0 atom stereocenters. The van der Waals surface area contributed by atoms with Gasteiger partial charge in [0.1, 0.15) is 0 Å². The molecule has 1 aromatic rings. The minimum absolute atomic E-state index is 0.260. The Balaban J connectivity index is 2.69. The molecule has 0 bridgehead atoms. The number of halogens is 1. The maximum atomic E-state index is 11.5. The normalized spacial score (nSPS) is 9.93. The zero-order valence-corrected chi connectivity index (χ0v) is 9.64. The van der Waals surface area contributed by atoms with Crippen molar-refractivity contribution in [3.05, 3.63) is 28.4 Å². The van der Waals surface area contributed by atoms with Gasteiger partial charge in [0.15, 0.2) is 5.89 Å². The molecule has 1 aromatic heterocycles. The van der Waals surface area contributed by atoms with Crippen molar-refractivity contribution >= 4 is 21.8 Å². The maximum Gasteiger partial charge on any atom is 0.289 e. The molecule has 0 saturated heterocycles. The van der Waals surface area contributed by atoms with E-state index in [1.54, 1.807) is 13.8 Å². The summed E-state index contributed by atoms with van der Waals surface area (Å²) in [5.74, 6) is 0.477. The molecule has 0 aliphatic rings. The molecular weight excluding hydrogens is 248 g/mol. The number of hydrogen-bond donors (Lipinski definition) is 1. The molecule has 76 valence electrons. The highest BCUT2D eigenvalue weighted by Gasteiger charge is 2.14. The van der Waals surface area contributed by atoms with Crippen molar-refractivity contribution in [3.8, 4) is 0 Å². The quantitative estimate of drug-likeness (QED) is 0.902. The van der Waals surface area contributed by atoms with Crippen molar-refractivity contribution in [1.29, 1.82) is 0 Å². The second kappa shape index (κ2) is 4.41. The van der Waals surface area contributed by atoms with Crippen LogP contribution in [0.5, 0.6) is 0 Å². The molecule has 1 N–H and O–H groups in total. The van der Waals surface area contributed by atoms with E-state index >= 15 is 0 Å². The zero-order chi connectivity index (χ0) is 10.7. The number of oxazole rings is 1. The van der Waals surface area contributed by atoms with Crippen LogP contribution in [0.1, 0.15) is 22.1 Å². The molecule has 14 heavy (non-hydrogen) atoms. The lowest BCUT2D eigenvalue weighted by molar-refractivity contribution is 0.0928. The first-order valence-corrected chi connectivity index (χ1v) is 4.85. The number of nitrogens with zero attached hydrogens (tertiary/aromatic N) is 1. The van der Waals surface area contributed by atoms with E-state index in [9.17, 15) is 4.79 Å². The molecule has 0 radical (unpaired) electrons. The highest BCUT2D eigenvalue weighted by Crippen LogP contribution is 2.09. The van der Waals surface area contributed by atoms with E-state index in [0.29, 0.717) is 22.6 Å². The Morgan fingerprint density at radius 2 is 2.29 bits per heavy atom. The summed E-state index contributed by atoms with van der Waals surface area (Å²) in [6.45, 7) is 7.41. The predicted octanol–water partition coefficient (Wildman–Crippen LogP) is 1.93. The number of carbonyl (C=O) groups excluding carboxylic acids is 1. The monoisotopic (exact) mass is 258 g/mol. The summed E-state index contributed by atoms with van der Waals surface area (Å²) in [4.78, 5) is 15.5. The average molecular weight is 259 g/mol. The summed E-state index contributed by atoms with van der Waals surface area (Å²) in [7, 11) is 0.